The molecule has 0 spiro atoms. The molecule has 1 fully saturated rings. The van der Waals surface area contributed by atoms with Crippen molar-refractivity contribution >= 4 is 5.88 Å². The van der Waals surface area contributed by atoms with E-state index >= 15 is 0 Å². The van der Waals surface area contributed by atoms with Gasteiger partial charge in [0.25, 0.3) is 0 Å². The molecule has 104 valence electrons. The maximum absolute atomic E-state index is 9.13. The molecule has 2 heterocycles. The standard InChI is InChI=1S/C13H20N4O2/c14-5-3-1-2-4-12-16-11(10-15)13(19-12)17-6-8-18-9-7-17/h1-9,14H2. The number of unbranched alkanes of at least 4 members (excludes halogenated alkanes) is 2. The molecule has 19 heavy (non-hydrogen) atoms. The van der Waals surface area contributed by atoms with Crippen molar-refractivity contribution < 1.29 is 9.15 Å². The molecule has 0 unspecified atom stereocenters. The van der Waals surface area contributed by atoms with Gasteiger partial charge in [-0.15, -0.1) is 0 Å². The highest BCUT2D eigenvalue weighted by molar-refractivity contribution is 5.48. The Balaban J connectivity index is 1.98. The smallest absolute Gasteiger partial charge is 0.234 e. The summed E-state index contributed by atoms with van der Waals surface area (Å²) in [4.78, 5) is 6.29. The third kappa shape index (κ3) is 3.69. The van der Waals surface area contributed by atoms with Crippen molar-refractivity contribution in [3.05, 3.63) is 11.6 Å². The Morgan fingerprint density at radius 1 is 1.26 bits per heavy atom. The van der Waals surface area contributed by atoms with Crippen molar-refractivity contribution in [1.29, 1.82) is 5.26 Å². The van der Waals surface area contributed by atoms with Crippen molar-refractivity contribution in [3.8, 4) is 6.07 Å². The van der Waals surface area contributed by atoms with Gasteiger partial charge in [0.05, 0.1) is 13.2 Å². The molecule has 0 aliphatic carbocycles. The average molecular weight is 264 g/mol. The summed E-state index contributed by atoms with van der Waals surface area (Å²) in [5.41, 5.74) is 5.84. The lowest BCUT2D eigenvalue weighted by molar-refractivity contribution is 0.120. The Morgan fingerprint density at radius 3 is 2.74 bits per heavy atom. The maximum atomic E-state index is 9.13. The molecule has 6 nitrogen and oxygen atoms in total. The molecule has 0 atom stereocenters. The van der Waals surface area contributed by atoms with Crippen molar-refractivity contribution in [2.75, 3.05) is 37.7 Å². The molecule has 1 saturated heterocycles. The van der Waals surface area contributed by atoms with Crippen LogP contribution in [0.2, 0.25) is 0 Å². The van der Waals surface area contributed by atoms with Gasteiger partial charge in [-0.1, -0.05) is 6.42 Å². The van der Waals surface area contributed by atoms with E-state index in [1.807, 2.05) is 4.90 Å². The van der Waals surface area contributed by atoms with Gasteiger partial charge >= 0.3 is 0 Å². The lowest BCUT2D eigenvalue weighted by Crippen LogP contribution is -2.36. The van der Waals surface area contributed by atoms with E-state index < -0.39 is 0 Å². The fourth-order valence-electron chi connectivity index (χ4n) is 2.11. The van der Waals surface area contributed by atoms with Crippen molar-refractivity contribution in [1.82, 2.24) is 4.98 Å². The lowest BCUT2D eigenvalue weighted by Gasteiger charge is -2.25. The van der Waals surface area contributed by atoms with Gasteiger partial charge in [-0.3, -0.25) is 0 Å². The molecule has 0 radical (unpaired) electrons. The van der Waals surface area contributed by atoms with Crippen LogP contribution < -0.4 is 10.6 Å². The summed E-state index contributed by atoms with van der Waals surface area (Å²) in [7, 11) is 0. The molecule has 2 N–H and O–H groups in total. The second kappa shape index (κ2) is 7.12. The zero-order chi connectivity index (χ0) is 13.5. The first-order chi connectivity index (χ1) is 9.35. The highest BCUT2D eigenvalue weighted by Crippen LogP contribution is 2.23. The summed E-state index contributed by atoms with van der Waals surface area (Å²) >= 11 is 0. The highest BCUT2D eigenvalue weighted by Gasteiger charge is 2.21. The largest absolute Gasteiger partial charge is 0.424 e. The summed E-state index contributed by atoms with van der Waals surface area (Å²) in [6, 6.07) is 2.11. The van der Waals surface area contributed by atoms with Gasteiger partial charge in [0.1, 0.15) is 6.07 Å². The number of morpholine rings is 1. The Labute approximate surface area is 113 Å². The minimum Gasteiger partial charge on any atom is -0.424 e. The summed E-state index contributed by atoms with van der Waals surface area (Å²) in [5, 5.41) is 9.13. The number of hydrogen-bond acceptors (Lipinski definition) is 6. The van der Waals surface area contributed by atoms with Crippen molar-refractivity contribution in [3.63, 3.8) is 0 Å². The van der Waals surface area contributed by atoms with Crippen molar-refractivity contribution in [2.45, 2.75) is 25.7 Å². The molecular weight excluding hydrogens is 244 g/mol. The number of ether oxygens (including phenoxy) is 1. The molecule has 0 aromatic carbocycles. The summed E-state index contributed by atoms with van der Waals surface area (Å²) in [6.07, 6.45) is 3.83. The fraction of sp³-hybridized carbons (Fsp3) is 0.692. The van der Waals surface area contributed by atoms with Crippen molar-refractivity contribution in [2.24, 2.45) is 5.73 Å². The number of nitriles is 1. The van der Waals surface area contributed by atoms with E-state index in [1.165, 1.54) is 0 Å². The molecule has 1 aromatic heterocycles. The molecule has 0 saturated carbocycles. The van der Waals surface area contributed by atoms with Crippen LogP contribution in [0.25, 0.3) is 0 Å². The second-order valence-electron chi connectivity index (χ2n) is 4.57. The number of oxazole rings is 1. The van der Waals surface area contributed by atoms with E-state index in [1.54, 1.807) is 0 Å². The van der Waals surface area contributed by atoms with Gasteiger partial charge in [-0.25, -0.2) is 4.98 Å². The third-order valence-corrected chi connectivity index (χ3v) is 3.15. The summed E-state index contributed by atoms with van der Waals surface area (Å²) in [6.45, 7) is 3.54. The number of nitrogens with zero attached hydrogens (tertiary/aromatic N) is 3. The average Bonchev–Trinajstić information content (AvgIpc) is 2.88. The molecule has 0 bridgehead atoms. The maximum Gasteiger partial charge on any atom is 0.234 e. The number of aromatic nitrogens is 1. The first-order valence-corrected chi connectivity index (χ1v) is 6.77. The number of nitrogens with two attached hydrogens (primary N) is 1. The predicted molar refractivity (Wildman–Crippen MR) is 70.9 cm³/mol. The molecular formula is C13H20N4O2. The fourth-order valence-corrected chi connectivity index (χ4v) is 2.11. The number of hydrogen-bond donors (Lipinski definition) is 1. The Kier molecular flexibility index (Phi) is 5.19. The minimum atomic E-state index is 0.385. The number of anilines is 1. The van der Waals surface area contributed by atoms with Crippen LogP contribution in [0.4, 0.5) is 5.88 Å². The zero-order valence-electron chi connectivity index (χ0n) is 11.1. The topological polar surface area (TPSA) is 88.3 Å². The third-order valence-electron chi connectivity index (χ3n) is 3.15. The quantitative estimate of drug-likeness (QED) is 0.773. The SMILES string of the molecule is N#Cc1nc(CCCCCN)oc1N1CCOCC1. The molecule has 1 aliphatic rings. The van der Waals surface area contributed by atoms with Crippen LogP contribution in [0, 0.1) is 11.3 Å². The molecule has 1 aromatic rings. The zero-order valence-corrected chi connectivity index (χ0v) is 11.1. The van der Waals surface area contributed by atoms with E-state index in [0.717, 1.165) is 38.8 Å². The Morgan fingerprint density at radius 2 is 2.05 bits per heavy atom. The van der Waals surface area contributed by atoms with Gasteiger partial charge in [-0.2, -0.15) is 5.26 Å². The minimum absolute atomic E-state index is 0.385. The van der Waals surface area contributed by atoms with Gasteiger partial charge in [0.15, 0.2) is 5.89 Å². The Hall–Kier alpha value is -1.58. The van der Waals surface area contributed by atoms with Crippen LogP contribution in [-0.2, 0) is 11.2 Å². The lowest BCUT2D eigenvalue weighted by atomic mass is 10.2. The second-order valence-corrected chi connectivity index (χ2v) is 4.57. The van der Waals surface area contributed by atoms with Gasteiger partial charge in [0.2, 0.25) is 11.6 Å². The summed E-state index contributed by atoms with van der Waals surface area (Å²) < 4.78 is 11.0. The van der Waals surface area contributed by atoms with E-state index in [9.17, 15) is 0 Å². The summed E-state index contributed by atoms with van der Waals surface area (Å²) in [5.74, 6) is 1.25. The van der Waals surface area contributed by atoms with E-state index in [4.69, 9.17) is 20.1 Å². The van der Waals surface area contributed by atoms with Crippen LogP contribution in [0.1, 0.15) is 30.8 Å². The first kappa shape index (κ1) is 13.8. The molecule has 6 heteroatoms. The molecule has 0 amide bonds. The van der Waals surface area contributed by atoms with Crippen LogP contribution in [0.5, 0.6) is 0 Å². The van der Waals surface area contributed by atoms with Gasteiger partial charge < -0.3 is 19.8 Å². The van der Waals surface area contributed by atoms with Crippen LogP contribution >= 0.6 is 0 Å². The van der Waals surface area contributed by atoms with E-state index in [0.29, 0.717) is 37.2 Å². The van der Waals surface area contributed by atoms with Gasteiger partial charge in [-0.05, 0) is 19.4 Å². The number of rotatable bonds is 6. The van der Waals surface area contributed by atoms with Gasteiger partial charge in [0, 0.05) is 19.5 Å². The molecule has 1 aliphatic heterocycles. The molecule has 2 rings (SSSR count). The monoisotopic (exact) mass is 264 g/mol. The number of aryl methyl sites for hydroxylation is 1. The predicted octanol–water partition coefficient (Wildman–Crippen LogP) is 1.05. The normalized spacial score (nSPS) is 15.5. The Bertz CT molecular complexity index is 432. The first-order valence-electron chi connectivity index (χ1n) is 6.77. The highest BCUT2D eigenvalue weighted by atomic mass is 16.5. The van der Waals surface area contributed by atoms with E-state index in [2.05, 4.69) is 11.1 Å². The van der Waals surface area contributed by atoms with Crippen LogP contribution in [-0.4, -0.2) is 37.8 Å². The van der Waals surface area contributed by atoms with Crippen LogP contribution in [0.15, 0.2) is 4.42 Å². The van der Waals surface area contributed by atoms with Crippen LogP contribution in [0.3, 0.4) is 0 Å². The van der Waals surface area contributed by atoms with E-state index in [-0.39, 0.29) is 0 Å².